The lowest BCUT2D eigenvalue weighted by Crippen LogP contribution is -2.10. The number of carboxylic acid groups (broad SMARTS) is 1. The van der Waals surface area contributed by atoms with Crippen LogP contribution in [-0.4, -0.2) is 22.0 Å². The highest BCUT2D eigenvalue weighted by atomic mass is 16.4. The van der Waals surface area contributed by atoms with Gasteiger partial charge in [0.15, 0.2) is 5.78 Å². The number of phenols is 1. The van der Waals surface area contributed by atoms with E-state index in [1.807, 2.05) is 0 Å². The van der Waals surface area contributed by atoms with E-state index in [0.717, 1.165) is 0 Å². The summed E-state index contributed by atoms with van der Waals surface area (Å²) in [5.41, 5.74) is 0.686. The molecule has 2 rings (SSSR count). The van der Waals surface area contributed by atoms with Gasteiger partial charge in [-0.25, -0.2) is 4.79 Å². The Bertz CT molecular complexity index is 729. The molecule has 0 heterocycles. The number of aromatic hydroxyl groups is 1. The fourth-order valence-corrected chi connectivity index (χ4v) is 2.11. The van der Waals surface area contributed by atoms with E-state index in [2.05, 4.69) is 0 Å². The molecule has 0 amide bonds. The highest BCUT2D eigenvalue weighted by molar-refractivity contribution is 6.16. The zero-order valence-electron chi connectivity index (χ0n) is 11.4. The Kier molecular flexibility index (Phi) is 4.18. The Morgan fingerprint density at radius 3 is 2.19 bits per heavy atom. The van der Waals surface area contributed by atoms with Gasteiger partial charge in [-0.1, -0.05) is 42.5 Å². The van der Waals surface area contributed by atoms with Crippen LogP contribution in [0.2, 0.25) is 0 Å². The van der Waals surface area contributed by atoms with E-state index in [9.17, 15) is 19.8 Å². The van der Waals surface area contributed by atoms with Crippen molar-refractivity contribution in [3.05, 3.63) is 70.8 Å². The number of hydrogen-bond acceptors (Lipinski definition) is 3. The van der Waals surface area contributed by atoms with Crippen LogP contribution < -0.4 is 0 Å². The lowest BCUT2D eigenvalue weighted by Gasteiger charge is -2.09. The van der Waals surface area contributed by atoms with Gasteiger partial charge in [-0.15, -0.1) is 0 Å². The Balaban J connectivity index is 2.61. The predicted molar refractivity (Wildman–Crippen MR) is 79.6 cm³/mol. The first-order valence-electron chi connectivity index (χ1n) is 6.38. The van der Waals surface area contributed by atoms with Gasteiger partial charge in [-0.2, -0.15) is 0 Å². The van der Waals surface area contributed by atoms with Crippen molar-refractivity contribution in [2.24, 2.45) is 0 Å². The van der Waals surface area contributed by atoms with Gasteiger partial charge in [-0.3, -0.25) is 4.79 Å². The van der Waals surface area contributed by atoms with Crippen LogP contribution in [0.15, 0.2) is 48.5 Å². The summed E-state index contributed by atoms with van der Waals surface area (Å²) in [6.45, 7) is 1.77. The Hall–Kier alpha value is -2.88. The van der Waals surface area contributed by atoms with Crippen LogP contribution in [-0.2, 0) is 0 Å². The number of allylic oxidation sites excluding steroid dienone is 1. The van der Waals surface area contributed by atoms with Gasteiger partial charge in [0.05, 0.1) is 5.56 Å². The van der Waals surface area contributed by atoms with Crippen LogP contribution in [0.5, 0.6) is 5.75 Å². The third-order valence-electron chi connectivity index (χ3n) is 3.06. The third-order valence-corrected chi connectivity index (χ3v) is 3.06. The smallest absolute Gasteiger partial charge is 0.336 e. The summed E-state index contributed by atoms with van der Waals surface area (Å²) in [7, 11) is 0. The second-order valence-electron chi connectivity index (χ2n) is 4.42. The standard InChI is InChI=1S/C17H14O4/c1-2-6-11-12(9-5-10-15(11)18)16(19)13-7-3-4-8-14(13)17(20)21/h2-10,18H,1H3,(H,20,21)/b6-2+. The normalized spacial score (nSPS) is 10.7. The number of carboxylic acids is 1. The van der Waals surface area contributed by atoms with Crippen LogP contribution in [0.1, 0.15) is 38.8 Å². The van der Waals surface area contributed by atoms with Crippen molar-refractivity contribution in [1.29, 1.82) is 0 Å². The SMILES string of the molecule is C/C=C/c1c(O)cccc1C(=O)c1ccccc1C(=O)O. The van der Waals surface area contributed by atoms with Crippen LogP contribution in [0, 0.1) is 0 Å². The van der Waals surface area contributed by atoms with Crippen molar-refractivity contribution in [1.82, 2.24) is 0 Å². The largest absolute Gasteiger partial charge is 0.507 e. The first-order valence-corrected chi connectivity index (χ1v) is 6.38. The van der Waals surface area contributed by atoms with Gasteiger partial charge in [-0.05, 0) is 19.1 Å². The Labute approximate surface area is 122 Å². The minimum atomic E-state index is -1.16. The zero-order chi connectivity index (χ0) is 15.4. The maximum atomic E-state index is 12.6. The summed E-state index contributed by atoms with van der Waals surface area (Å²) in [6.07, 6.45) is 3.32. The van der Waals surface area contributed by atoms with Crippen molar-refractivity contribution in [2.75, 3.05) is 0 Å². The van der Waals surface area contributed by atoms with E-state index < -0.39 is 11.8 Å². The molecule has 4 nitrogen and oxygen atoms in total. The van der Waals surface area contributed by atoms with Gasteiger partial charge < -0.3 is 10.2 Å². The molecule has 0 radical (unpaired) electrons. The van der Waals surface area contributed by atoms with E-state index in [1.165, 1.54) is 18.2 Å². The summed E-state index contributed by atoms with van der Waals surface area (Å²) >= 11 is 0. The highest BCUT2D eigenvalue weighted by Gasteiger charge is 2.20. The minimum Gasteiger partial charge on any atom is -0.507 e. The van der Waals surface area contributed by atoms with E-state index in [-0.39, 0.29) is 22.4 Å². The van der Waals surface area contributed by atoms with Gasteiger partial charge in [0, 0.05) is 16.7 Å². The highest BCUT2D eigenvalue weighted by Crippen LogP contribution is 2.26. The number of rotatable bonds is 4. The van der Waals surface area contributed by atoms with Gasteiger partial charge >= 0.3 is 5.97 Å². The first kappa shape index (κ1) is 14.5. The van der Waals surface area contributed by atoms with Crippen LogP contribution in [0.3, 0.4) is 0 Å². The minimum absolute atomic E-state index is 0.0215. The quantitative estimate of drug-likeness (QED) is 0.843. The molecule has 2 aromatic rings. The van der Waals surface area contributed by atoms with Crippen molar-refractivity contribution in [3.63, 3.8) is 0 Å². The molecule has 0 spiro atoms. The molecule has 0 aliphatic heterocycles. The van der Waals surface area contributed by atoms with Crippen LogP contribution >= 0.6 is 0 Å². The molecule has 0 fully saturated rings. The first-order chi connectivity index (χ1) is 10.1. The van der Waals surface area contributed by atoms with Crippen LogP contribution in [0.25, 0.3) is 6.08 Å². The number of ketones is 1. The maximum Gasteiger partial charge on any atom is 0.336 e. The summed E-state index contributed by atoms with van der Waals surface area (Å²) < 4.78 is 0. The summed E-state index contributed by atoms with van der Waals surface area (Å²) in [4.78, 5) is 23.8. The number of aromatic carboxylic acids is 1. The van der Waals surface area contributed by atoms with Gasteiger partial charge in [0.25, 0.3) is 0 Å². The summed E-state index contributed by atoms with van der Waals surface area (Å²) in [5.74, 6) is -1.62. The predicted octanol–water partition coefficient (Wildman–Crippen LogP) is 3.35. The molecule has 0 aromatic heterocycles. The Morgan fingerprint density at radius 2 is 1.57 bits per heavy atom. The zero-order valence-corrected chi connectivity index (χ0v) is 11.4. The number of benzene rings is 2. The maximum absolute atomic E-state index is 12.6. The van der Waals surface area contributed by atoms with E-state index in [4.69, 9.17) is 0 Å². The lowest BCUT2D eigenvalue weighted by atomic mass is 9.94. The molecular formula is C17H14O4. The van der Waals surface area contributed by atoms with Gasteiger partial charge in [0.1, 0.15) is 5.75 Å². The fraction of sp³-hybridized carbons (Fsp3) is 0.0588. The molecule has 106 valence electrons. The van der Waals surface area contributed by atoms with Crippen molar-refractivity contribution < 1.29 is 19.8 Å². The second kappa shape index (κ2) is 6.05. The average Bonchev–Trinajstić information content (AvgIpc) is 2.48. The molecule has 0 aliphatic carbocycles. The van der Waals surface area contributed by atoms with E-state index in [0.29, 0.717) is 5.56 Å². The van der Waals surface area contributed by atoms with Crippen molar-refractivity contribution in [3.8, 4) is 5.75 Å². The number of carbonyl (C=O) groups excluding carboxylic acids is 1. The topological polar surface area (TPSA) is 74.6 Å². The molecule has 4 heteroatoms. The van der Waals surface area contributed by atoms with E-state index >= 15 is 0 Å². The second-order valence-corrected chi connectivity index (χ2v) is 4.42. The molecule has 0 atom stereocenters. The molecule has 21 heavy (non-hydrogen) atoms. The summed E-state index contributed by atoms with van der Waals surface area (Å²) in [5, 5.41) is 19.1. The molecule has 0 saturated carbocycles. The monoisotopic (exact) mass is 282 g/mol. The number of hydrogen-bond donors (Lipinski definition) is 2. The Morgan fingerprint density at radius 1 is 0.952 bits per heavy atom. The van der Waals surface area contributed by atoms with E-state index in [1.54, 1.807) is 43.3 Å². The van der Waals surface area contributed by atoms with Gasteiger partial charge in [0.2, 0.25) is 0 Å². The van der Waals surface area contributed by atoms with Crippen molar-refractivity contribution in [2.45, 2.75) is 6.92 Å². The number of carbonyl (C=O) groups is 2. The average molecular weight is 282 g/mol. The molecule has 2 N–H and O–H groups in total. The molecular weight excluding hydrogens is 268 g/mol. The number of phenolic OH excluding ortho intramolecular Hbond substituents is 1. The third kappa shape index (κ3) is 2.84. The molecule has 2 aromatic carbocycles. The molecule has 0 unspecified atom stereocenters. The van der Waals surface area contributed by atoms with Crippen LogP contribution in [0.4, 0.5) is 0 Å². The fourth-order valence-electron chi connectivity index (χ4n) is 2.11. The molecule has 0 saturated heterocycles. The van der Waals surface area contributed by atoms with Crippen molar-refractivity contribution >= 4 is 17.8 Å². The summed E-state index contributed by atoms with van der Waals surface area (Å²) in [6, 6.07) is 10.6. The molecule has 0 bridgehead atoms. The molecule has 0 aliphatic rings. The lowest BCUT2D eigenvalue weighted by molar-refractivity contribution is 0.0693.